The number of carbonyl (C=O) groups excluding carboxylic acids is 2. The lowest BCUT2D eigenvalue weighted by atomic mass is 9.95. The van der Waals surface area contributed by atoms with Crippen molar-refractivity contribution in [2.24, 2.45) is 0 Å². The van der Waals surface area contributed by atoms with Crippen LogP contribution < -0.4 is 10.2 Å². The van der Waals surface area contributed by atoms with E-state index in [0.29, 0.717) is 23.7 Å². The third-order valence-electron chi connectivity index (χ3n) is 5.84. The maximum Gasteiger partial charge on any atom is 0.341 e. The number of ether oxygens (including phenoxy) is 1. The Balaban J connectivity index is 1.38. The van der Waals surface area contributed by atoms with E-state index in [4.69, 9.17) is 16.3 Å². The average Bonchev–Trinajstić information content (AvgIpc) is 3.12. The molecule has 1 aliphatic heterocycles. The smallest absolute Gasteiger partial charge is 0.341 e. The number of thiophene rings is 1. The molecule has 8 heteroatoms. The van der Waals surface area contributed by atoms with Crippen LogP contribution in [0.25, 0.3) is 0 Å². The topological polar surface area (TPSA) is 61.9 Å². The number of benzene rings is 1. The summed E-state index contributed by atoms with van der Waals surface area (Å²) < 4.78 is 5.28. The first-order valence-corrected chi connectivity index (χ1v) is 12.1. The number of carbonyl (C=O) groups is 2. The van der Waals surface area contributed by atoms with Gasteiger partial charge in [0, 0.05) is 31.1 Å². The number of anilines is 2. The molecule has 166 valence electrons. The molecule has 2 heterocycles. The Morgan fingerprint density at radius 2 is 1.87 bits per heavy atom. The molecule has 0 bridgehead atoms. The molecule has 6 nitrogen and oxygen atoms in total. The number of hydrogen-bond acceptors (Lipinski definition) is 6. The first-order valence-electron chi connectivity index (χ1n) is 10.9. The predicted molar refractivity (Wildman–Crippen MR) is 126 cm³/mol. The molecule has 1 N–H and O–H groups in total. The number of halogens is 1. The lowest BCUT2D eigenvalue weighted by Crippen LogP contribution is -2.48. The molecule has 0 spiro atoms. The molecule has 4 rings (SSSR count). The van der Waals surface area contributed by atoms with Gasteiger partial charge in [-0.2, -0.15) is 0 Å². The lowest BCUT2D eigenvalue weighted by molar-refractivity contribution is -0.117. The summed E-state index contributed by atoms with van der Waals surface area (Å²) >= 11 is 7.85. The summed E-state index contributed by atoms with van der Waals surface area (Å²) in [5.74, 6) is -0.416. The van der Waals surface area contributed by atoms with Gasteiger partial charge in [0.15, 0.2) is 0 Å². The van der Waals surface area contributed by atoms with Crippen LogP contribution in [-0.4, -0.2) is 56.1 Å². The highest BCUT2D eigenvalue weighted by atomic mass is 35.5. The van der Waals surface area contributed by atoms with Crippen molar-refractivity contribution in [2.75, 3.05) is 49.5 Å². The Kier molecular flexibility index (Phi) is 7.15. The minimum absolute atomic E-state index is 0.0876. The zero-order valence-electron chi connectivity index (χ0n) is 17.8. The fourth-order valence-corrected chi connectivity index (χ4v) is 5.85. The van der Waals surface area contributed by atoms with E-state index in [9.17, 15) is 9.59 Å². The Labute approximate surface area is 192 Å². The van der Waals surface area contributed by atoms with Gasteiger partial charge in [0.25, 0.3) is 0 Å². The summed E-state index contributed by atoms with van der Waals surface area (Å²) in [6.45, 7) is 5.64. The number of para-hydroxylation sites is 1. The molecule has 1 saturated heterocycles. The van der Waals surface area contributed by atoms with Crippen LogP contribution in [-0.2, 0) is 22.4 Å². The summed E-state index contributed by atoms with van der Waals surface area (Å²) in [6, 6.07) is 7.85. The highest BCUT2D eigenvalue weighted by molar-refractivity contribution is 7.17. The van der Waals surface area contributed by atoms with E-state index in [0.717, 1.165) is 68.1 Å². The fourth-order valence-electron chi connectivity index (χ4n) is 4.30. The normalized spacial score (nSPS) is 16.6. The minimum atomic E-state index is -0.328. The number of esters is 1. The van der Waals surface area contributed by atoms with Gasteiger partial charge in [-0.25, -0.2) is 4.79 Å². The Hall–Kier alpha value is -2.09. The highest BCUT2D eigenvalue weighted by Gasteiger charge is 2.28. The molecule has 0 radical (unpaired) electrons. The number of fused-ring (bicyclic) bond motifs is 1. The van der Waals surface area contributed by atoms with Crippen LogP contribution in [0, 0.1) is 0 Å². The summed E-state index contributed by atoms with van der Waals surface area (Å²) in [4.78, 5) is 31.0. The van der Waals surface area contributed by atoms with Crippen LogP contribution in [0.3, 0.4) is 0 Å². The van der Waals surface area contributed by atoms with Crippen molar-refractivity contribution in [3.8, 4) is 0 Å². The quantitative estimate of drug-likeness (QED) is 0.652. The van der Waals surface area contributed by atoms with Crippen molar-refractivity contribution in [3.05, 3.63) is 45.3 Å². The SMILES string of the molecule is CCOC(=O)c1c(NC(=O)CN2CCN(c3ccccc3Cl)CC2)sc2c1CCCC2. The Bertz CT molecular complexity index is 954. The van der Waals surface area contributed by atoms with Crippen molar-refractivity contribution >= 4 is 45.5 Å². The fraction of sp³-hybridized carbons (Fsp3) is 0.478. The van der Waals surface area contributed by atoms with Crippen LogP contribution >= 0.6 is 22.9 Å². The summed E-state index contributed by atoms with van der Waals surface area (Å²) in [5, 5.41) is 4.40. The molecule has 0 saturated carbocycles. The van der Waals surface area contributed by atoms with Gasteiger partial charge in [-0.05, 0) is 50.3 Å². The maximum atomic E-state index is 12.8. The monoisotopic (exact) mass is 461 g/mol. The Morgan fingerprint density at radius 3 is 2.61 bits per heavy atom. The van der Waals surface area contributed by atoms with Gasteiger partial charge in [-0.3, -0.25) is 9.69 Å². The predicted octanol–water partition coefficient (Wildman–Crippen LogP) is 4.22. The second kappa shape index (κ2) is 10.0. The van der Waals surface area contributed by atoms with E-state index >= 15 is 0 Å². The third kappa shape index (κ3) is 5.05. The molecular weight excluding hydrogens is 434 g/mol. The van der Waals surface area contributed by atoms with Crippen molar-refractivity contribution in [2.45, 2.75) is 32.6 Å². The second-order valence-corrected chi connectivity index (χ2v) is 9.41. The van der Waals surface area contributed by atoms with E-state index in [1.807, 2.05) is 24.3 Å². The minimum Gasteiger partial charge on any atom is -0.462 e. The van der Waals surface area contributed by atoms with Crippen LogP contribution in [0.2, 0.25) is 5.02 Å². The number of nitrogens with zero attached hydrogens (tertiary/aromatic N) is 2. The van der Waals surface area contributed by atoms with Gasteiger partial charge in [0.05, 0.1) is 29.4 Å². The number of aryl methyl sites for hydroxylation is 1. The average molecular weight is 462 g/mol. The first kappa shape index (κ1) is 22.1. The number of amides is 1. The van der Waals surface area contributed by atoms with Gasteiger partial charge in [-0.1, -0.05) is 23.7 Å². The van der Waals surface area contributed by atoms with Gasteiger partial charge in [0.2, 0.25) is 5.91 Å². The first-order chi connectivity index (χ1) is 15.1. The van der Waals surface area contributed by atoms with Gasteiger partial charge in [0.1, 0.15) is 5.00 Å². The number of hydrogen-bond donors (Lipinski definition) is 1. The van der Waals surface area contributed by atoms with Crippen molar-refractivity contribution in [1.82, 2.24) is 4.90 Å². The molecule has 0 unspecified atom stereocenters. The van der Waals surface area contributed by atoms with Gasteiger partial charge < -0.3 is 15.0 Å². The molecule has 1 aliphatic carbocycles. The zero-order valence-corrected chi connectivity index (χ0v) is 19.4. The largest absolute Gasteiger partial charge is 0.462 e. The molecule has 1 aromatic heterocycles. The molecular formula is C23H28ClN3O3S. The van der Waals surface area contributed by atoms with Gasteiger partial charge in [-0.15, -0.1) is 11.3 Å². The van der Waals surface area contributed by atoms with Crippen LogP contribution in [0.15, 0.2) is 24.3 Å². The lowest BCUT2D eigenvalue weighted by Gasteiger charge is -2.36. The van der Waals surface area contributed by atoms with Crippen molar-refractivity contribution in [1.29, 1.82) is 0 Å². The Morgan fingerprint density at radius 1 is 1.13 bits per heavy atom. The summed E-state index contributed by atoms with van der Waals surface area (Å²) in [5.41, 5.74) is 2.67. The number of rotatable bonds is 6. The second-order valence-electron chi connectivity index (χ2n) is 7.90. The van der Waals surface area contributed by atoms with Crippen LogP contribution in [0.5, 0.6) is 0 Å². The van der Waals surface area contributed by atoms with Crippen LogP contribution in [0.1, 0.15) is 40.6 Å². The van der Waals surface area contributed by atoms with Crippen LogP contribution in [0.4, 0.5) is 10.7 Å². The standard InChI is InChI=1S/C23H28ClN3O3S/c1-2-30-23(29)21-16-7-3-6-10-19(16)31-22(21)25-20(28)15-26-11-13-27(14-12-26)18-9-5-4-8-17(18)24/h4-5,8-9H,2-3,6-7,10-15H2,1H3,(H,25,28). The summed E-state index contributed by atoms with van der Waals surface area (Å²) in [7, 11) is 0. The van der Waals surface area contributed by atoms with E-state index in [1.165, 1.54) is 16.2 Å². The number of nitrogens with one attached hydrogen (secondary N) is 1. The van der Waals surface area contributed by atoms with Crippen molar-refractivity contribution < 1.29 is 14.3 Å². The highest BCUT2D eigenvalue weighted by Crippen LogP contribution is 2.38. The molecule has 0 atom stereocenters. The maximum absolute atomic E-state index is 12.8. The number of piperazine rings is 1. The zero-order chi connectivity index (χ0) is 21.8. The molecule has 2 aliphatic rings. The molecule has 2 aromatic rings. The van der Waals surface area contributed by atoms with E-state index in [2.05, 4.69) is 15.1 Å². The summed E-state index contributed by atoms with van der Waals surface area (Å²) in [6.07, 6.45) is 4.03. The van der Waals surface area contributed by atoms with E-state index in [-0.39, 0.29) is 11.9 Å². The molecule has 1 fully saturated rings. The van der Waals surface area contributed by atoms with E-state index < -0.39 is 0 Å². The molecule has 1 aromatic carbocycles. The van der Waals surface area contributed by atoms with Crippen molar-refractivity contribution in [3.63, 3.8) is 0 Å². The molecule has 31 heavy (non-hydrogen) atoms. The molecule has 1 amide bonds. The van der Waals surface area contributed by atoms with Gasteiger partial charge >= 0.3 is 5.97 Å². The van der Waals surface area contributed by atoms with E-state index in [1.54, 1.807) is 6.92 Å². The third-order valence-corrected chi connectivity index (χ3v) is 7.36.